The summed E-state index contributed by atoms with van der Waals surface area (Å²) in [6, 6.07) is 10.5. The zero-order valence-electron chi connectivity index (χ0n) is 15.9. The van der Waals surface area contributed by atoms with Crippen LogP contribution in [0.15, 0.2) is 35.5 Å². The molecule has 1 heterocycles. The quantitative estimate of drug-likeness (QED) is 0.717. The predicted molar refractivity (Wildman–Crippen MR) is 106 cm³/mol. The highest BCUT2D eigenvalue weighted by Gasteiger charge is 2.25. The molecule has 6 heteroatoms. The van der Waals surface area contributed by atoms with Crippen molar-refractivity contribution in [1.82, 2.24) is 19.7 Å². The maximum atomic E-state index is 12.6. The van der Waals surface area contributed by atoms with Gasteiger partial charge in [0.2, 0.25) is 5.91 Å². The van der Waals surface area contributed by atoms with Gasteiger partial charge in [0.15, 0.2) is 11.0 Å². The number of rotatable bonds is 6. The topological polar surface area (TPSA) is 51.0 Å². The van der Waals surface area contributed by atoms with Crippen LogP contribution >= 0.6 is 11.8 Å². The molecule has 1 aliphatic carbocycles. The molecule has 1 aliphatic rings. The number of nitrogens with zero attached hydrogens (tertiary/aromatic N) is 4. The fourth-order valence-corrected chi connectivity index (χ4v) is 4.47. The highest BCUT2D eigenvalue weighted by Crippen LogP contribution is 2.28. The predicted octanol–water partition coefficient (Wildman–Crippen LogP) is 4.09. The summed E-state index contributed by atoms with van der Waals surface area (Å²) in [4.78, 5) is 14.6. The second-order valence-corrected chi connectivity index (χ2v) is 8.07. The maximum absolute atomic E-state index is 12.6. The number of benzene rings is 1. The van der Waals surface area contributed by atoms with Crippen molar-refractivity contribution in [3.63, 3.8) is 0 Å². The van der Waals surface area contributed by atoms with Crippen LogP contribution in [0.4, 0.5) is 0 Å². The van der Waals surface area contributed by atoms with Crippen molar-refractivity contribution in [1.29, 1.82) is 0 Å². The van der Waals surface area contributed by atoms with Gasteiger partial charge >= 0.3 is 0 Å². The zero-order valence-corrected chi connectivity index (χ0v) is 16.7. The molecule has 5 nitrogen and oxygen atoms in total. The van der Waals surface area contributed by atoms with Crippen LogP contribution in [-0.4, -0.2) is 44.4 Å². The number of aromatic nitrogens is 3. The van der Waals surface area contributed by atoms with E-state index in [-0.39, 0.29) is 5.91 Å². The Bertz CT molecular complexity index is 723. The first-order valence-electron chi connectivity index (χ1n) is 9.47. The zero-order chi connectivity index (χ0) is 18.5. The fraction of sp³-hybridized carbons (Fsp3) is 0.550. The monoisotopic (exact) mass is 372 g/mol. The van der Waals surface area contributed by atoms with Crippen LogP contribution in [0.1, 0.15) is 39.5 Å². The summed E-state index contributed by atoms with van der Waals surface area (Å²) >= 11 is 1.49. The van der Waals surface area contributed by atoms with E-state index in [9.17, 15) is 4.79 Å². The average Bonchev–Trinajstić information content (AvgIpc) is 3.09. The molecule has 1 aromatic carbocycles. The van der Waals surface area contributed by atoms with Gasteiger partial charge < -0.3 is 9.47 Å². The van der Waals surface area contributed by atoms with Gasteiger partial charge in [-0.1, -0.05) is 49.0 Å². The van der Waals surface area contributed by atoms with E-state index >= 15 is 0 Å². The third-order valence-corrected chi connectivity index (χ3v) is 6.27. The van der Waals surface area contributed by atoms with Gasteiger partial charge in [-0.05, 0) is 38.5 Å². The second-order valence-electron chi connectivity index (χ2n) is 7.12. The summed E-state index contributed by atoms with van der Waals surface area (Å²) in [7, 11) is 1.95. The van der Waals surface area contributed by atoms with Crippen molar-refractivity contribution in [3.05, 3.63) is 30.3 Å². The molecule has 0 N–H and O–H groups in total. The molecule has 1 saturated carbocycles. The van der Waals surface area contributed by atoms with Crippen molar-refractivity contribution in [2.24, 2.45) is 5.92 Å². The molecule has 0 spiro atoms. The normalized spacial score (nSPS) is 20.1. The molecule has 0 atom stereocenters. The van der Waals surface area contributed by atoms with Gasteiger partial charge in [-0.3, -0.25) is 4.79 Å². The average molecular weight is 373 g/mol. The first-order chi connectivity index (χ1) is 12.6. The fourth-order valence-electron chi connectivity index (χ4n) is 3.54. The Morgan fingerprint density at radius 2 is 1.88 bits per heavy atom. The van der Waals surface area contributed by atoms with Crippen molar-refractivity contribution in [2.75, 3.05) is 12.8 Å². The molecule has 0 aliphatic heterocycles. The molecule has 26 heavy (non-hydrogen) atoms. The van der Waals surface area contributed by atoms with E-state index in [0.29, 0.717) is 11.8 Å². The minimum atomic E-state index is 0.182. The first-order valence-corrected chi connectivity index (χ1v) is 10.5. The molecular formula is C20H28N4OS. The molecule has 0 unspecified atom stereocenters. The second kappa shape index (κ2) is 8.71. The molecule has 0 radical (unpaired) electrons. The van der Waals surface area contributed by atoms with E-state index in [2.05, 4.69) is 28.6 Å². The minimum absolute atomic E-state index is 0.182. The van der Waals surface area contributed by atoms with Crippen LogP contribution in [0.3, 0.4) is 0 Å². The molecule has 2 aromatic rings. The third kappa shape index (κ3) is 4.29. The summed E-state index contributed by atoms with van der Waals surface area (Å²) in [6.07, 6.45) is 4.69. The lowest BCUT2D eigenvalue weighted by atomic mass is 9.87. The molecule has 0 saturated heterocycles. The first kappa shape index (κ1) is 19.0. The number of hydrogen-bond acceptors (Lipinski definition) is 4. The van der Waals surface area contributed by atoms with E-state index in [1.165, 1.54) is 24.6 Å². The van der Waals surface area contributed by atoms with Crippen molar-refractivity contribution in [3.8, 4) is 11.4 Å². The molecule has 140 valence electrons. The Labute approximate surface area is 160 Å². The lowest BCUT2D eigenvalue weighted by Crippen LogP contribution is -2.40. The Hall–Kier alpha value is -1.82. The Balaban J connectivity index is 1.62. The van der Waals surface area contributed by atoms with Gasteiger partial charge in [0.25, 0.3) is 0 Å². The van der Waals surface area contributed by atoms with Gasteiger partial charge in [0.1, 0.15) is 0 Å². The van der Waals surface area contributed by atoms with Gasteiger partial charge in [0.05, 0.1) is 5.75 Å². The van der Waals surface area contributed by atoms with Gasteiger partial charge in [-0.25, -0.2) is 0 Å². The summed E-state index contributed by atoms with van der Waals surface area (Å²) in [5, 5.41) is 9.48. The van der Waals surface area contributed by atoms with E-state index in [4.69, 9.17) is 0 Å². The molecule has 0 bridgehead atoms. The van der Waals surface area contributed by atoms with Crippen LogP contribution in [-0.2, 0) is 11.3 Å². The smallest absolute Gasteiger partial charge is 0.233 e. The molecule has 1 fully saturated rings. The summed E-state index contributed by atoms with van der Waals surface area (Å²) in [5.74, 6) is 2.25. The van der Waals surface area contributed by atoms with E-state index in [1.807, 2.05) is 42.3 Å². The Morgan fingerprint density at radius 3 is 2.54 bits per heavy atom. The standard InChI is InChI=1S/C20H28N4OS/c1-4-24-19(16-8-6-5-7-9-16)21-22-20(24)26-14-18(25)23(3)17-12-10-15(2)11-13-17/h5-9,15,17H,4,10-14H2,1-3H3. The summed E-state index contributed by atoms with van der Waals surface area (Å²) in [6.45, 7) is 5.16. The number of hydrogen-bond donors (Lipinski definition) is 0. The number of carbonyl (C=O) groups is 1. The van der Waals surface area contributed by atoms with Gasteiger partial charge in [0, 0.05) is 25.2 Å². The lowest BCUT2D eigenvalue weighted by molar-refractivity contribution is -0.129. The molecule has 1 aromatic heterocycles. The van der Waals surface area contributed by atoms with E-state index in [1.54, 1.807) is 0 Å². The summed E-state index contributed by atoms with van der Waals surface area (Å²) in [5.41, 5.74) is 1.05. The lowest BCUT2D eigenvalue weighted by Gasteiger charge is -2.33. The van der Waals surface area contributed by atoms with E-state index in [0.717, 1.165) is 41.8 Å². The number of thioether (sulfide) groups is 1. The van der Waals surface area contributed by atoms with Crippen molar-refractivity contribution in [2.45, 2.75) is 57.3 Å². The molecular weight excluding hydrogens is 344 g/mol. The molecule has 1 amide bonds. The SMILES string of the molecule is CCn1c(SCC(=O)N(C)C2CCC(C)CC2)nnc1-c1ccccc1. The van der Waals surface area contributed by atoms with Crippen molar-refractivity contribution >= 4 is 17.7 Å². The van der Waals surface area contributed by atoms with Crippen LogP contribution in [0, 0.1) is 5.92 Å². The largest absolute Gasteiger partial charge is 0.342 e. The maximum Gasteiger partial charge on any atom is 0.233 e. The highest BCUT2D eigenvalue weighted by atomic mass is 32.2. The third-order valence-electron chi connectivity index (χ3n) is 5.32. The Kier molecular flexibility index (Phi) is 6.35. The Morgan fingerprint density at radius 1 is 1.19 bits per heavy atom. The summed E-state index contributed by atoms with van der Waals surface area (Å²) < 4.78 is 2.08. The van der Waals surface area contributed by atoms with E-state index < -0.39 is 0 Å². The van der Waals surface area contributed by atoms with Crippen LogP contribution in [0.25, 0.3) is 11.4 Å². The van der Waals surface area contributed by atoms with Gasteiger partial charge in [-0.15, -0.1) is 10.2 Å². The highest BCUT2D eigenvalue weighted by molar-refractivity contribution is 7.99. The van der Waals surface area contributed by atoms with Crippen LogP contribution in [0.2, 0.25) is 0 Å². The van der Waals surface area contributed by atoms with Gasteiger partial charge in [-0.2, -0.15) is 0 Å². The van der Waals surface area contributed by atoms with Crippen LogP contribution < -0.4 is 0 Å². The minimum Gasteiger partial charge on any atom is -0.342 e. The van der Waals surface area contributed by atoms with Crippen molar-refractivity contribution < 1.29 is 4.79 Å². The number of amides is 1. The molecule has 3 rings (SSSR count). The van der Waals surface area contributed by atoms with Crippen LogP contribution in [0.5, 0.6) is 0 Å². The number of carbonyl (C=O) groups excluding carboxylic acids is 1.